The third-order valence-electron chi connectivity index (χ3n) is 5.05. The highest BCUT2D eigenvalue weighted by atomic mass is 32.1. The number of alkyl halides is 3. The number of aromatic nitrogens is 2. The van der Waals surface area contributed by atoms with E-state index in [0.717, 1.165) is 36.9 Å². The number of halogens is 3. The highest BCUT2D eigenvalue weighted by Gasteiger charge is 2.53. The van der Waals surface area contributed by atoms with Crippen molar-refractivity contribution >= 4 is 34.1 Å². The number of likely N-dealkylation sites (tertiary alicyclic amines) is 1. The van der Waals surface area contributed by atoms with Crippen LogP contribution in [0.15, 0.2) is 36.7 Å². The van der Waals surface area contributed by atoms with Crippen LogP contribution in [0.1, 0.15) is 6.92 Å². The predicted octanol–water partition coefficient (Wildman–Crippen LogP) is 3.10. The first-order valence-corrected chi connectivity index (χ1v) is 9.48. The van der Waals surface area contributed by atoms with Crippen molar-refractivity contribution in [1.82, 2.24) is 20.2 Å². The molecule has 1 spiro atoms. The van der Waals surface area contributed by atoms with Gasteiger partial charge >= 0.3 is 6.36 Å². The Kier molecular flexibility index (Phi) is 4.76. The third-order valence-corrected chi connectivity index (χ3v) is 5.46. The first-order chi connectivity index (χ1) is 13.6. The molecule has 2 aliphatic rings. The van der Waals surface area contributed by atoms with Gasteiger partial charge in [0.15, 0.2) is 5.11 Å². The van der Waals surface area contributed by atoms with Crippen molar-refractivity contribution in [2.24, 2.45) is 5.41 Å². The molecule has 3 heterocycles. The maximum atomic E-state index is 12.5. The molecule has 6 nitrogen and oxygen atoms in total. The molecule has 2 aromatic rings. The van der Waals surface area contributed by atoms with Gasteiger partial charge in [-0.05, 0) is 37.3 Å². The van der Waals surface area contributed by atoms with Crippen LogP contribution in [0.5, 0.6) is 5.75 Å². The summed E-state index contributed by atoms with van der Waals surface area (Å²) in [6.07, 6.45) is -3.31. The summed E-state index contributed by atoms with van der Waals surface area (Å²) in [5.41, 5.74) is 1.72. The first-order valence-electron chi connectivity index (χ1n) is 9.07. The summed E-state index contributed by atoms with van der Waals surface area (Å²) in [5.74, 6) is 0.342. The number of fused-ring (bicyclic) bond motifs is 1. The molecular formula is C19H20F3N5OS. The lowest BCUT2D eigenvalue weighted by molar-refractivity contribution is -0.274. The van der Waals surface area contributed by atoms with Crippen LogP contribution in [0.4, 0.5) is 19.0 Å². The Hall–Kier alpha value is -2.62. The van der Waals surface area contributed by atoms with E-state index in [1.807, 2.05) is 6.92 Å². The zero-order valence-electron chi connectivity index (χ0n) is 15.8. The van der Waals surface area contributed by atoms with Gasteiger partial charge in [0.25, 0.3) is 0 Å². The molecule has 2 fully saturated rings. The molecule has 2 aliphatic heterocycles. The summed E-state index contributed by atoms with van der Waals surface area (Å²) in [6, 6.07) is 4.10. The number of anilines is 1. The van der Waals surface area contributed by atoms with E-state index < -0.39 is 6.36 Å². The van der Waals surface area contributed by atoms with E-state index in [1.165, 1.54) is 24.5 Å². The lowest BCUT2D eigenvalue weighted by Gasteiger charge is -2.61. The van der Waals surface area contributed by atoms with Crippen LogP contribution in [0.25, 0.3) is 10.9 Å². The van der Waals surface area contributed by atoms with Gasteiger partial charge in [-0.15, -0.1) is 13.2 Å². The molecule has 2 saturated heterocycles. The van der Waals surface area contributed by atoms with Gasteiger partial charge in [0.2, 0.25) is 0 Å². The minimum atomic E-state index is -4.74. The van der Waals surface area contributed by atoms with Gasteiger partial charge in [-0.3, -0.25) is 0 Å². The molecule has 10 heteroatoms. The summed E-state index contributed by atoms with van der Waals surface area (Å²) in [7, 11) is 0. The van der Waals surface area contributed by atoms with E-state index in [2.05, 4.69) is 36.4 Å². The van der Waals surface area contributed by atoms with Gasteiger partial charge in [-0.1, -0.05) is 12.2 Å². The van der Waals surface area contributed by atoms with Gasteiger partial charge in [0.05, 0.1) is 5.52 Å². The van der Waals surface area contributed by atoms with E-state index in [4.69, 9.17) is 12.2 Å². The van der Waals surface area contributed by atoms with Crippen LogP contribution in [0.2, 0.25) is 0 Å². The minimum absolute atomic E-state index is 0.131. The Balaban J connectivity index is 1.43. The molecule has 0 aliphatic carbocycles. The summed E-state index contributed by atoms with van der Waals surface area (Å²) in [5, 5.41) is 4.44. The van der Waals surface area contributed by atoms with Crippen LogP contribution < -0.4 is 15.0 Å². The number of hydrogen-bond acceptors (Lipinski definition) is 5. The largest absolute Gasteiger partial charge is 0.573 e. The Labute approximate surface area is 171 Å². The predicted molar refractivity (Wildman–Crippen MR) is 108 cm³/mol. The second-order valence-corrected chi connectivity index (χ2v) is 8.14. The van der Waals surface area contributed by atoms with E-state index in [1.54, 1.807) is 0 Å². The van der Waals surface area contributed by atoms with Crippen molar-refractivity contribution in [2.75, 3.05) is 37.6 Å². The fourth-order valence-electron chi connectivity index (χ4n) is 3.83. The number of benzene rings is 1. The van der Waals surface area contributed by atoms with Gasteiger partial charge < -0.3 is 19.9 Å². The second kappa shape index (κ2) is 7.01. The zero-order chi connectivity index (χ0) is 20.8. The van der Waals surface area contributed by atoms with Crippen LogP contribution in [-0.4, -0.2) is 59.1 Å². The molecule has 154 valence electrons. The summed E-state index contributed by atoms with van der Waals surface area (Å²) in [6.45, 7) is 9.67. The topological polar surface area (TPSA) is 53.5 Å². The molecule has 0 unspecified atom stereocenters. The SMILES string of the molecule is C=C(C)CNC(=S)N1CC2(C1)CN(c1ncnc3ccc(OC(F)(F)F)cc13)C2. The third kappa shape index (κ3) is 4.07. The van der Waals surface area contributed by atoms with Crippen molar-refractivity contribution in [3.63, 3.8) is 0 Å². The molecule has 1 aromatic carbocycles. The Morgan fingerprint density at radius 3 is 2.66 bits per heavy atom. The Bertz CT molecular complexity index is 966. The number of rotatable bonds is 4. The van der Waals surface area contributed by atoms with Crippen LogP contribution in [0.3, 0.4) is 0 Å². The summed E-state index contributed by atoms with van der Waals surface area (Å²) < 4.78 is 41.7. The van der Waals surface area contributed by atoms with Crippen molar-refractivity contribution in [1.29, 1.82) is 0 Å². The van der Waals surface area contributed by atoms with E-state index in [9.17, 15) is 13.2 Å². The fraction of sp³-hybridized carbons (Fsp3) is 0.421. The fourth-order valence-corrected chi connectivity index (χ4v) is 4.03. The maximum absolute atomic E-state index is 12.5. The van der Waals surface area contributed by atoms with E-state index in [0.29, 0.717) is 23.3 Å². The molecule has 0 atom stereocenters. The number of nitrogens with zero attached hydrogens (tertiary/aromatic N) is 4. The second-order valence-electron chi connectivity index (χ2n) is 7.75. The van der Waals surface area contributed by atoms with Crippen LogP contribution in [-0.2, 0) is 0 Å². The van der Waals surface area contributed by atoms with Crippen molar-refractivity contribution in [2.45, 2.75) is 13.3 Å². The molecule has 0 bridgehead atoms. The number of nitrogens with one attached hydrogen (secondary N) is 1. The van der Waals surface area contributed by atoms with Crippen LogP contribution in [0, 0.1) is 5.41 Å². The van der Waals surface area contributed by atoms with Gasteiger partial charge in [0.1, 0.15) is 17.9 Å². The smallest absolute Gasteiger partial charge is 0.406 e. The quantitative estimate of drug-likeness (QED) is 0.599. The van der Waals surface area contributed by atoms with Crippen molar-refractivity contribution < 1.29 is 17.9 Å². The lowest BCUT2D eigenvalue weighted by Crippen LogP contribution is -2.74. The maximum Gasteiger partial charge on any atom is 0.573 e. The Morgan fingerprint density at radius 1 is 1.28 bits per heavy atom. The van der Waals surface area contributed by atoms with Crippen molar-refractivity contribution in [3.8, 4) is 5.75 Å². The molecule has 0 saturated carbocycles. The highest BCUT2D eigenvalue weighted by molar-refractivity contribution is 7.80. The zero-order valence-corrected chi connectivity index (χ0v) is 16.6. The standard InChI is InChI=1S/C19H20F3N5OS/c1-12(2)6-23-17(29)27-9-18(10-27)7-26(8-18)16-14-5-13(28-19(20,21)22)3-4-15(14)24-11-25-16/h3-5,11H,1,6-10H2,2H3,(H,23,29). The number of ether oxygens (including phenoxy) is 1. The lowest BCUT2D eigenvalue weighted by atomic mass is 9.73. The number of thiocarbonyl (C=S) groups is 1. The average molecular weight is 423 g/mol. The molecule has 4 rings (SSSR count). The molecular weight excluding hydrogens is 403 g/mol. The van der Waals surface area contributed by atoms with Gasteiger partial charge in [-0.2, -0.15) is 0 Å². The molecule has 0 amide bonds. The van der Waals surface area contributed by atoms with Gasteiger partial charge in [0, 0.05) is 43.5 Å². The normalized spacial score (nSPS) is 17.7. The summed E-state index contributed by atoms with van der Waals surface area (Å²) >= 11 is 5.40. The number of hydrogen-bond donors (Lipinski definition) is 1. The van der Waals surface area contributed by atoms with Crippen molar-refractivity contribution in [3.05, 3.63) is 36.7 Å². The Morgan fingerprint density at radius 2 is 2.00 bits per heavy atom. The monoisotopic (exact) mass is 423 g/mol. The average Bonchev–Trinajstić information content (AvgIpc) is 2.56. The first kappa shape index (κ1) is 19.7. The minimum Gasteiger partial charge on any atom is -0.406 e. The molecule has 1 N–H and O–H groups in total. The molecule has 1 aromatic heterocycles. The van der Waals surface area contributed by atoms with Gasteiger partial charge in [-0.25, -0.2) is 9.97 Å². The summed E-state index contributed by atoms with van der Waals surface area (Å²) in [4.78, 5) is 12.6. The van der Waals surface area contributed by atoms with E-state index >= 15 is 0 Å². The molecule has 29 heavy (non-hydrogen) atoms. The molecule has 0 radical (unpaired) electrons. The highest BCUT2D eigenvalue weighted by Crippen LogP contribution is 2.43. The van der Waals surface area contributed by atoms with E-state index in [-0.39, 0.29) is 11.2 Å². The van der Waals surface area contributed by atoms with Crippen LogP contribution >= 0.6 is 12.2 Å².